The lowest BCUT2D eigenvalue weighted by Crippen LogP contribution is -2.53. The van der Waals surface area contributed by atoms with Gasteiger partial charge in [0.1, 0.15) is 6.61 Å². The summed E-state index contributed by atoms with van der Waals surface area (Å²) in [5.41, 5.74) is 1.10. The quantitative estimate of drug-likeness (QED) is 0.795. The van der Waals surface area contributed by atoms with E-state index in [1.165, 1.54) is 7.11 Å². The van der Waals surface area contributed by atoms with Gasteiger partial charge in [-0.15, -0.1) is 0 Å². The largest absolute Gasteiger partial charge is 0.493 e. The number of fused-ring (bicyclic) bond motifs is 3. The van der Waals surface area contributed by atoms with Crippen molar-refractivity contribution in [1.82, 2.24) is 4.90 Å². The predicted octanol–water partition coefficient (Wildman–Crippen LogP) is 2.44. The molecule has 2 N–H and O–H groups in total. The Balaban J connectivity index is 1.89. The number of piperidine rings is 1. The molecule has 2 heterocycles. The second kappa shape index (κ2) is 8.14. The highest BCUT2D eigenvalue weighted by Crippen LogP contribution is 2.44. The summed E-state index contributed by atoms with van der Waals surface area (Å²) in [5.74, 6) is -0.0839. The van der Waals surface area contributed by atoms with Gasteiger partial charge < -0.3 is 24.4 Å². The van der Waals surface area contributed by atoms with Gasteiger partial charge >= 0.3 is 0 Å². The van der Waals surface area contributed by atoms with Crippen molar-refractivity contribution in [3.8, 4) is 11.5 Å². The lowest BCUT2D eigenvalue weighted by Gasteiger charge is -2.46. The maximum atomic E-state index is 15.2. The zero-order valence-corrected chi connectivity index (χ0v) is 17.4. The van der Waals surface area contributed by atoms with Crippen LogP contribution in [0, 0.1) is 5.82 Å². The smallest absolute Gasteiger partial charge is 0.197 e. The van der Waals surface area contributed by atoms with Crippen molar-refractivity contribution in [3.63, 3.8) is 0 Å². The van der Waals surface area contributed by atoms with Gasteiger partial charge in [-0.1, -0.05) is 0 Å². The first kappa shape index (κ1) is 21.3. The lowest BCUT2D eigenvalue weighted by atomic mass is 9.84. The molecule has 0 aromatic heterocycles. The molecule has 158 valence electrons. The molecule has 2 aliphatic heterocycles. The average Bonchev–Trinajstić information content (AvgIpc) is 2.60. The SMILES string of the molecule is COc1cc2c(c(F)c1OC[C@H](C)O)CCN1C[C@@H](OC(C)(C)C)[C@H](O)C[C@H]21. The highest BCUT2D eigenvalue weighted by atomic mass is 19.1. The van der Waals surface area contributed by atoms with Gasteiger partial charge in [0.05, 0.1) is 31.0 Å². The van der Waals surface area contributed by atoms with Gasteiger partial charge in [0.2, 0.25) is 0 Å². The van der Waals surface area contributed by atoms with Gasteiger partial charge in [-0.2, -0.15) is 0 Å². The predicted molar refractivity (Wildman–Crippen MR) is 103 cm³/mol. The molecule has 0 unspecified atom stereocenters. The van der Waals surface area contributed by atoms with Crippen molar-refractivity contribution in [3.05, 3.63) is 23.0 Å². The Morgan fingerprint density at radius 2 is 2.07 bits per heavy atom. The number of aliphatic hydroxyl groups excluding tert-OH is 2. The van der Waals surface area contributed by atoms with E-state index < -0.39 is 18.0 Å². The van der Waals surface area contributed by atoms with Crippen LogP contribution in [0.15, 0.2) is 6.07 Å². The van der Waals surface area contributed by atoms with Crippen LogP contribution >= 0.6 is 0 Å². The summed E-state index contributed by atoms with van der Waals surface area (Å²) in [6.45, 7) is 8.80. The first-order valence-electron chi connectivity index (χ1n) is 9.90. The third kappa shape index (κ3) is 4.43. The van der Waals surface area contributed by atoms with Crippen LogP contribution in [0.1, 0.15) is 51.3 Å². The zero-order valence-electron chi connectivity index (χ0n) is 17.4. The van der Waals surface area contributed by atoms with E-state index in [-0.39, 0.29) is 30.1 Å². The average molecular weight is 397 g/mol. The molecule has 2 aliphatic rings. The van der Waals surface area contributed by atoms with Gasteiger partial charge in [0, 0.05) is 19.1 Å². The van der Waals surface area contributed by atoms with Crippen LogP contribution in [0.25, 0.3) is 0 Å². The van der Waals surface area contributed by atoms with E-state index in [0.29, 0.717) is 37.2 Å². The molecule has 1 aromatic rings. The van der Waals surface area contributed by atoms with Crippen LogP contribution in [-0.2, 0) is 11.2 Å². The van der Waals surface area contributed by atoms with Crippen molar-refractivity contribution < 1.29 is 28.8 Å². The molecule has 0 amide bonds. The summed E-state index contributed by atoms with van der Waals surface area (Å²) in [6, 6.07) is 1.72. The molecule has 1 aromatic carbocycles. The molecule has 0 saturated carbocycles. The number of hydrogen-bond acceptors (Lipinski definition) is 6. The molecule has 0 radical (unpaired) electrons. The minimum atomic E-state index is -0.705. The summed E-state index contributed by atoms with van der Waals surface area (Å²) in [7, 11) is 1.47. The van der Waals surface area contributed by atoms with Crippen LogP contribution < -0.4 is 9.47 Å². The number of rotatable bonds is 5. The van der Waals surface area contributed by atoms with E-state index in [1.54, 1.807) is 6.92 Å². The van der Waals surface area contributed by atoms with Gasteiger partial charge in [0.15, 0.2) is 17.3 Å². The van der Waals surface area contributed by atoms with Gasteiger partial charge in [0.25, 0.3) is 0 Å². The summed E-state index contributed by atoms with van der Waals surface area (Å²) >= 11 is 0. The Bertz CT molecular complexity index is 703. The Labute approximate surface area is 166 Å². The summed E-state index contributed by atoms with van der Waals surface area (Å²) in [6.07, 6.45) is -0.566. The van der Waals surface area contributed by atoms with E-state index >= 15 is 4.39 Å². The molecule has 6 nitrogen and oxygen atoms in total. The number of aliphatic hydroxyl groups is 2. The summed E-state index contributed by atoms with van der Waals surface area (Å²) in [4.78, 5) is 2.25. The zero-order chi connectivity index (χ0) is 20.6. The molecular weight excluding hydrogens is 365 g/mol. The molecule has 4 atom stereocenters. The lowest BCUT2D eigenvalue weighted by molar-refractivity contribution is -0.149. The second-order valence-electron chi connectivity index (χ2n) is 8.78. The van der Waals surface area contributed by atoms with E-state index in [1.807, 2.05) is 26.8 Å². The van der Waals surface area contributed by atoms with E-state index in [4.69, 9.17) is 14.2 Å². The molecular formula is C21H32FNO5. The fraction of sp³-hybridized carbons (Fsp3) is 0.714. The van der Waals surface area contributed by atoms with Crippen molar-refractivity contribution in [1.29, 1.82) is 0 Å². The second-order valence-corrected chi connectivity index (χ2v) is 8.78. The first-order chi connectivity index (χ1) is 13.1. The monoisotopic (exact) mass is 397 g/mol. The van der Waals surface area contributed by atoms with Crippen LogP contribution in [0.5, 0.6) is 11.5 Å². The number of benzene rings is 1. The van der Waals surface area contributed by atoms with Crippen LogP contribution in [-0.4, -0.2) is 65.8 Å². The molecule has 0 bridgehead atoms. The minimum Gasteiger partial charge on any atom is -0.493 e. The molecule has 1 fully saturated rings. The highest BCUT2D eigenvalue weighted by molar-refractivity contribution is 5.51. The van der Waals surface area contributed by atoms with Gasteiger partial charge in [-0.05, 0) is 57.7 Å². The molecule has 7 heteroatoms. The fourth-order valence-corrected chi connectivity index (χ4v) is 4.11. The number of nitrogens with zero attached hydrogens (tertiary/aromatic N) is 1. The van der Waals surface area contributed by atoms with Crippen molar-refractivity contribution >= 4 is 0 Å². The van der Waals surface area contributed by atoms with E-state index in [0.717, 1.165) is 5.56 Å². The minimum absolute atomic E-state index is 0.00778. The highest BCUT2D eigenvalue weighted by Gasteiger charge is 2.41. The number of methoxy groups -OCH3 is 1. The van der Waals surface area contributed by atoms with Gasteiger partial charge in [-0.3, -0.25) is 4.90 Å². The third-order valence-corrected chi connectivity index (χ3v) is 5.27. The summed E-state index contributed by atoms with van der Waals surface area (Å²) < 4.78 is 32.1. The standard InChI is InChI=1S/C21H32FNO5/c1-12(24)11-27-20-17(26-5)8-14-13(19(20)22)6-7-23-10-18(28-21(2,3)4)16(25)9-15(14)23/h8,12,15-16,18,24-25H,6-7,9-11H2,1-5H3/t12-,15+,16+,18+/m0/s1. The van der Waals surface area contributed by atoms with Crippen LogP contribution in [0.4, 0.5) is 4.39 Å². The molecule has 0 spiro atoms. The molecule has 1 saturated heterocycles. The maximum Gasteiger partial charge on any atom is 0.197 e. The fourth-order valence-electron chi connectivity index (χ4n) is 4.11. The number of halogens is 1. The first-order valence-corrected chi connectivity index (χ1v) is 9.90. The Kier molecular flexibility index (Phi) is 6.20. The molecule has 0 aliphatic carbocycles. The Hall–Kier alpha value is -1.41. The molecule has 28 heavy (non-hydrogen) atoms. The van der Waals surface area contributed by atoms with E-state index in [9.17, 15) is 10.2 Å². The van der Waals surface area contributed by atoms with E-state index in [2.05, 4.69) is 4.90 Å². The Morgan fingerprint density at radius 3 is 2.68 bits per heavy atom. The maximum absolute atomic E-state index is 15.2. The third-order valence-electron chi connectivity index (χ3n) is 5.27. The van der Waals surface area contributed by atoms with Crippen LogP contribution in [0.2, 0.25) is 0 Å². The van der Waals surface area contributed by atoms with Gasteiger partial charge in [-0.25, -0.2) is 4.39 Å². The Morgan fingerprint density at radius 1 is 1.36 bits per heavy atom. The number of hydrogen-bond donors (Lipinski definition) is 2. The van der Waals surface area contributed by atoms with Crippen molar-refractivity contribution in [2.75, 3.05) is 26.8 Å². The van der Waals surface area contributed by atoms with Crippen molar-refractivity contribution in [2.24, 2.45) is 0 Å². The normalized spacial score (nSPS) is 26.4. The molecule has 3 rings (SSSR count). The summed E-state index contributed by atoms with van der Waals surface area (Å²) in [5, 5.41) is 20.1. The van der Waals surface area contributed by atoms with Crippen LogP contribution in [0.3, 0.4) is 0 Å². The topological polar surface area (TPSA) is 71.4 Å². The van der Waals surface area contributed by atoms with Crippen molar-refractivity contribution in [2.45, 2.75) is 70.5 Å². The number of ether oxygens (including phenoxy) is 3.